The van der Waals surface area contributed by atoms with Crippen LogP contribution >= 0.6 is 0 Å². The molecule has 1 aromatic rings. The van der Waals surface area contributed by atoms with Gasteiger partial charge in [0.1, 0.15) is 5.69 Å². The number of aryl methyl sites for hydroxylation is 1. The molecule has 0 bridgehead atoms. The second-order valence-corrected chi connectivity index (χ2v) is 5.11. The number of anilines is 2. The Morgan fingerprint density at radius 3 is 2.61 bits per heavy atom. The topological polar surface area (TPSA) is 110 Å². The number of nitrogens with zero attached hydrogens (tertiary/aromatic N) is 3. The van der Waals surface area contributed by atoms with Gasteiger partial charge in [-0.3, -0.25) is 10.3 Å². The van der Waals surface area contributed by atoms with Crippen LogP contribution in [0.4, 0.5) is 11.8 Å². The van der Waals surface area contributed by atoms with Gasteiger partial charge in [0.05, 0.1) is 0 Å². The molecule has 1 fully saturated rings. The van der Waals surface area contributed by atoms with Crippen molar-refractivity contribution in [2.75, 3.05) is 23.7 Å². The Bertz CT molecular complexity index is 531. The first-order valence-electron chi connectivity index (χ1n) is 5.48. The molecule has 0 aliphatic carbocycles. The molecule has 0 atom stereocenters. The van der Waals surface area contributed by atoms with Crippen molar-refractivity contribution in [1.29, 1.82) is 0 Å². The fourth-order valence-electron chi connectivity index (χ4n) is 1.92. The quantitative estimate of drug-likeness (QED) is 0.543. The third kappa shape index (κ3) is 2.79. The minimum Gasteiger partial charge on any atom is -0.343 e. The van der Waals surface area contributed by atoms with Crippen LogP contribution in [0.15, 0.2) is 6.07 Å². The van der Waals surface area contributed by atoms with Crippen molar-refractivity contribution in [3.63, 3.8) is 0 Å². The summed E-state index contributed by atoms with van der Waals surface area (Å²) in [5.74, 6) is 0.548. The molecule has 1 saturated heterocycles. The van der Waals surface area contributed by atoms with E-state index in [0.717, 1.165) is 30.7 Å². The summed E-state index contributed by atoms with van der Waals surface area (Å²) in [6, 6.07) is 1.66. The zero-order valence-electron chi connectivity index (χ0n) is 9.90. The van der Waals surface area contributed by atoms with Crippen molar-refractivity contribution in [3.8, 4) is 0 Å². The molecule has 18 heavy (non-hydrogen) atoms. The molecule has 1 aromatic heterocycles. The van der Waals surface area contributed by atoms with Gasteiger partial charge in [-0.2, -0.15) is 8.42 Å². The molecule has 1 aliphatic rings. The Hall–Kier alpha value is -1.61. The van der Waals surface area contributed by atoms with E-state index in [0.29, 0.717) is 11.5 Å². The van der Waals surface area contributed by atoms with E-state index >= 15 is 0 Å². The van der Waals surface area contributed by atoms with Gasteiger partial charge in [-0.25, -0.2) is 4.28 Å². The maximum atomic E-state index is 10.7. The van der Waals surface area contributed by atoms with E-state index in [4.69, 9.17) is 10.3 Å². The molecule has 8 nitrogen and oxygen atoms in total. The summed E-state index contributed by atoms with van der Waals surface area (Å²) in [4.78, 5) is 6.12. The van der Waals surface area contributed by atoms with Gasteiger partial charge in [0.2, 0.25) is 5.82 Å². The second-order valence-electron chi connectivity index (χ2n) is 4.10. The Morgan fingerprint density at radius 2 is 2.11 bits per heavy atom. The third-order valence-electron chi connectivity index (χ3n) is 2.69. The van der Waals surface area contributed by atoms with E-state index in [1.807, 2.05) is 0 Å². The first kappa shape index (κ1) is 12.8. The van der Waals surface area contributed by atoms with Gasteiger partial charge >= 0.3 is 16.3 Å². The molecule has 0 radical (unpaired) electrons. The third-order valence-corrected chi connectivity index (χ3v) is 3.03. The smallest absolute Gasteiger partial charge is 0.343 e. The van der Waals surface area contributed by atoms with E-state index in [2.05, 4.69) is 14.2 Å². The summed E-state index contributed by atoms with van der Waals surface area (Å²) in [6.45, 7) is 3.41. The lowest BCUT2D eigenvalue weighted by molar-refractivity contribution is -0.851. The highest BCUT2D eigenvalue weighted by Crippen LogP contribution is 2.18. The lowest BCUT2D eigenvalue weighted by Gasteiger charge is -2.14. The lowest BCUT2D eigenvalue weighted by atomic mass is 10.4. The van der Waals surface area contributed by atoms with Crippen molar-refractivity contribution >= 4 is 22.2 Å². The molecule has 2 heterocycles. The Balaban J connectivity index is 2.34. The Kier molecular flexibility index (Phi) is 3.26. The summed E-state index contributed by atoms with van der Waals surface area (Å²) in [5, 5.41) is 0. The molecule has 1 aliphatic heterocycles. The van der Waals surface area contributed by atoms with Gasteiger partial charge in [0, 0.05) is 19.2 Å². The first-order valence-corrected chi connectivity index (χ1v) is 6.85. The Morgan fingerprint density at radius 1 is 1.50 bits per heavy atom. The molecule has 0 saturated carbocycles. The highest BCUT2D eigenvalue weighted by atomic mass is 32.3. The molecular formula is C9H15N4O4S+. The summed E-state index contributed by atoms with van der Waals surface area (Å²) in [6.07, 6.45) is 2.19. The predicted molar refractivity (Wildman–Crippen MR) is 63.2 cm³/mol. The van der Waals surface area contributed by atoms with Crippen LogP contribution in [0.2, 0.25) is 0 Å². The van der Waals surface area contributed by atoms with Gasteiger partial charge in [-0.1, -0.05) is 4.98 Å². The number of hydrogen-bond acceptors (Lipinski definition) is 6. The van der Waals surface area contributed by atoms with Crippen molar-refractivity contribution in [2.45, 2.75) is 19.8 Å². The average Bonchev–Trinajstić information content (AvgIpc) is 2.75. The lowest BCUT2D eigenvalue weighted by Crippen LogP contribution is -2.51. The molecular weight excluding hydrogens is 260 g/mol. The predicted octanol–water partition coefficient (Wildman–Crippen LogP) is -0.909. The zero-order chi connectivity index (χ0) is 13.3. The second kappa shape index (κ2) is 4.58. The standard InChI is InChI=1S/C9H14N4O4S/c1-7-6-8(12-4-2-3-5-12)11-9(10)13(7)17-18(14,15)16/h6,10H,2-5H2,1H3,(H,14,15,16)/p+1. The number of nitrogens with two attached hydrogens (primary N) is 1. The summed E-state index contributed by atoms with van der Waals surface area (Å²) >= 11 is 0. The highest BCUT2D eigenvalue weighted by Gasteiger charge is 2.24. The maximum Gasteiger partial charge on any atom is 0.476 e. The summed E-state index contributed by atoms with van der Waals surface area (Å²) in [5.41, 5.74) is 6.05. The van der Waals surface area contributed by atoms with Crippen LogP contribution in [0.3, 0.4) is 0 Å². The number of aromatic nitrogens is 2. The van der Waals surface area contributed by atoms with Crippen LogP contribution in [0.1, 0.15) is 18.5 Å². The van der Waals surface area contributed by atoms with E-state index in [1.54, 1.807) is 13.0 Å². The van der Waals surface area contributed by atoms with E-state index in [9.17, 15) is 8.42 Å². The minimum absolute atomic E-state index is 0.130. The van der Waals surface area contributed by atoms with Crippen LogP contribution in [0.5, 0.6) is 0 Å². The zero-order valence-corrected chi connectivity index (χ0v) is 10.7. The molecule has 9 heteroatoms. The van der Waals surface area contributed by atoms with Gasteiger partial charge in [0.25, 0.3) is 0 Å². The first-order chi connectivity index (χ1) is 8.37. The normalized spacial score (nSPS) is 16.0. The van der Waals surface area contributed by atoms with Crippen LogP contribution < -0.4 is 19.6 Å². The highest BCUT2D eigenvalue weighted by molar-refractivity contribution is 7.80. The van der Waals surface area contributed by atoms with E-state index in [1.165, 1.54) is 0 Å². The molecule has 100 valence electrons. The maximum absolute atomic E-state index is 10.7. The average molecular weight is 275 g/mol. The largest absolute Gasteiger partial charge is 0.476 e. The van der Waals surface area contributed by atoms with E-state index in [-0.39, 0.29) is 5.95 Å². The molecule has 0 unspecified atom stereocenters. The number of nitrogen functional groups attached to an aromatic ring is 1. The van der Waals surface area contributed by atoms with Gasteiger partial charge in [-0.15, -0.1) is 0 Å². The van der Waals surface area contributed by atoms with Crippen LogP contribution in [0.25, 0.3) is 0 Å². The fourth-order valence-corrected chi connectivity index (χ4v) is 2.30. The summed E-state index contributed by atoms with van der Waals surface area (Å²) < 4.78 is 35.1. The van der Waals surface area contributed by atoms with Gasteiger partial charge < -0.3 is 4.90 Å². The van der Waals surface area contributed by atoms with Crippen molar-refractivity contribution in [1.82, 2.24) is 4.98 Å². The van der Waals surface area contributed by atoms with Crippen molar-refractivity contribution < 1.29 is 22.0 Å². The fraction of sp³-hybridized carbons (Fsp3) is 0.556. The van der Waals surface area contributed by atoms with Gasteiger partial charge in [0.15, 0.2) is 0 Å². The minimum atomic E-state index is -4.62. The van der Waals surface area contributed by atoms with Crippen LogP contribution in [0, 0.1) is 6.92 Å². The SMILES string of the molecule is Cc1cc(N2CCCC2)nc(N)[n+]1OS(=O)(=O)O. The van der Waals surface area contributed by atoms with E-state index < -0.39 is 10.4 Å². The number of hydrogen-bond donors (Lipinski definition) is 2. The summed E-state index contributed by atoms with van der Waals surface area (Å²) in [7, 11) is -4.62. The monoisotopic (exact) mass is 275 g/mol. The molecule has 0 amide bonds. The Labute approximate surface area is 105 Å². The van der Waals surface area contributed by atoms with Crippen molar-refractivity contribution in [3.05, 3.63) is 11.8 Å². The van der Waals surface area contributed by atoms with Crippen LogP contribution in [-0.2, 0) is 10.4 Å². The van der Waals surface area contributed by atoms with Crippen LogP contribution in [-0.4, -0.2) is 31.0 Å². The van der Waals surface area contributed by atoms with Crippen molar-refractivity contribution in [2.24, 2.45) is 0 Å². The van der Waals surface area contributed by atoms with Gasteiger partial charge in [-0.05, 0) is 24.5 Å². The molecule has 0 spiro atoms. The molecule has 0 aromatic carbocycles. The molecule has 3 N–H and O–H groups in total. The molecule has 2 rings (SSSR count). The number of rotatable bonds is 3.